The summed E-state index contributed by atoms with van der Waals surface area (Å²) >= 11 is 0. The van der Waals surface area contributed by atoms with Crippen molar-refractivity contribution in [3.63, 3.8) is 0 Å². The highest BCUT2D eigenvalue weighted by Gasteiger charge is 2.06. The molecular weight excluding hydrogens is 232 g/mol. The first kappa shape index (κ1) is 12.1. The molecule has 0 aliphatic rings. The number of ether oxygens (including phenoxy) is 1. The molecule has 0 bridgehead atoms. The fraction of sp³-hybridized carbons (Fsp3) is 0.250. The average molecular weight is 246 g/mol. The number of aryl methyl sites for hydroxylation is 2. The zero-order valence-corrected chi connectivity index (χ0v) is 10.5. The molecule has 0 radical (unpaired) electrons. The first-order chi connectivity index (χ1) is 8.63. The van der Waals surface area contributed by atoms with Crippen LogP contribution in [0.2, 0.25) is 0 Å². The van der Waals surface area contributed by atoms with E-state index in [2.05, 4.69) is 15.3 Å². The van der Waals surface area contributed by atoms with Gasteiger partial charge >= 0.3 is 0 Å². The Morgan fingerprint density at radius 3 is 2.56 bits per heavy atom. The number of phenols is 1. The summed E-state index contributed by atoms with van der Waals surface area (Å²) in [7, 11) is 1.50. The number of phenolic OH excluding ortho intramolecular Hbond substituents is 1. The number of nitrogens with zero attached hydrogens (tertiary/aromatic N) is 4. The number of hydrogen-bond acceptors (Lipinski definition) is 5. The molecule has 1 aromatic heterocycles. The van der Waals surface area contributed by atoms with E-state index in [0.29, 0.717) is 23.0 Å². The monoisotopic (exact) mass is 246 g/mol. The van der Waals surface area contributed by atoms with Gasteiger partial charge in [0.05, 0.1) is 13.3 Å². The van der Waals surface area contributed by atoms with E-state index in [1.165, 1.54) is 7.11 Å². The Bertz CT molecular complexity index is 570. The number of hydrogen-bond donors (Lipinski definition) is 1. The molecular formula is C12H14N4O2. The van der Waals surface area contributed by atoms with Crippen LogP contribution in [-0.2, 0) is 0 Å². The lowest BCUT2D eigenvalue weighted by molar-refractivity contribution is 0.373. The Labute approximate surface area is 105 Å². The second-order valence-corrected chi connectivity index (χ2v) is 3.75. The van der Waals surface area contributed by atoms with Crippen molar-refractivity contribution in [1.29, 1.82) is 0 Å². The van der Waals surface area contributed by atoms with Gasteiger partial charge < -0.3 is 9.84 Å². The number of aromatic nitrogens is 3. The molecule has 0 atom stereocenters. The van der Waals surface area contributed by atoms with E-state index in [0.717, 1.165) is 0 Å². The van der Waals surface area contributed by atoms with E-state index >= 15 is 0 Å². The molecule has 0 spiro atoms. The van der Waals surface area contributed by atoms with Crippen LogP contribution in [0.3, 0.4) is 0 Å². The molecule has 1 N–H and O–H groups in total. The SMILES string of the molecule is COc1cccc(/C=N\n2c(C)nnc2C)c1O. The third-order valence-corrected chi connectivity index (χ3v) is 2.51. The number of para-hydroxylation sites is 1. The van der Waals surface area contributed by atoms with Crippen molar-refractivity contribution in [3.8, 4) is 11.5 Å². The average Bonchev–Trinajstić information content (AvgIpc) is 2.68. The van der Waals surface area contributed by atoms with Crippen LogP contribution >= 0.6 is 0 Å². The van der Waals surface area contributed by atoms with Crippen LogP contribution in [0.25, 0.3) is 0 Å². The summed E-state index contributed by atoms with van der Waals surface area (Å²) in [5.41, 5.74) is 0.571. The van der Waals surface area contributed by atoms with Crippen molar-refractivity contribution >= 4 is 6.21 Å². The zero-order chi connectivity index (χ0) is 13.1. The third kappa shape index (κ3) is 2.17. The Morgan fingerprint density at radius 2 is 1.94 bits per heavy atom. The van der Waals surface area contributed by atoms with Gasteiger partial charge in [-0.05, 0) is 26.0 Å². The lowest BCUT2D eigenvalue weighted by Crippen LogP contribution is -1.97. The summed E-state index contributed by atoms with van der Waals surface area (Å²) < 4.78 is 6.62. The van der Waals surface area contributed by atoms with Crippen LogP contribution in [0.4, 0.5) is 0 Å². The Kier molecular flexibility index (Phi) is 3.27. The lowest BCUT2D eigenvalue weighted by atomic mass is 10.2. The van der Waals surface area contributed by atoms with Crippen molar-refractivity contribution in [2.75, 3.05) is 7.11 Å². The zero-order valence-electron chi connectivity index (χ0n) is 10.5. The van der Waals surface area contributed by atoms with Crippen LogP contribution in [0.1, 0.15) is 17.2 Å². The van der Waals surface area contributed by atoms with Gasteiger partial charge in [-0.25, -0.2) is 4.68 Å². The maximum Gasteiger partial charge on any atom is 0.166 e. The number of benzene rings is 1. The molecule has 2 aromatic rings. The summed E-state index contributed by atoms with van der Waals surface area (Å²) in [5, 5.41) is 21.9. The van der Waals surface area contributed by atoms with E-state index in [-0.39, 0.29) is 5.75 Å². The summed E-state index contributed by atoms with van der Waals surface area (Å²) in [6.45, 7) is 3.62. The van der Waals surface area contributed by atoms with Crippen LogP contribution < -0.4 is 4.74 Å². The van der Waals surface area contributed by atoms with E-state index in [1.54, 1.807) is 29.1 Å². The fourth-order valence-electron chi connectivity index (χ4n) is 1.56. The maximum atomic E-state index is 9.90. The molecule has 1 aromatic carbocycles. The minimum Gasteiger partial charge on any atom is -0.504 e. The maximum absolute atomic E-state index is 9.90. The van der Waals surface area contributed by atoms with Gasteiger partial charge in [0.25, 0.3) is 0 Å². The van der Waals surface area contributed by atoms with Gasteiger partial charge in [0.2, 0.25) is 0 Å². The molecule has 1 heterocycles. The largest absolute Gasteiger partial charge is 0.504 e. The summed E-state index contributed by atoms with van der Waals surface area (Å²) in [6, 6.07) is 5.21. The van der Waals surface area contributed by atoms with Gasteiger partial charge in [-0.1, -0.05) is 6.07 Å². The van der Waals surface area contributed by atoms with Gasteiger partial charge in [-0.15, -0.1) is 10.2 Å². The quantitative estimate of drug-likeness (QED) is 0.833. The molecule has 2 rings (SSSR count). The molecule has 0 saturated heterocycles. The standard InChI is InChI=1S/C12H14N4O2/c1-8-14-15-9(2)16(8)13-7-10-5-4-6-11(18-3)12(10)17/h4-7,17H,1-3H3/b13-7-. The van der Waals surface area contributed by atoms with Gasteiger partial charge in [-0.3, -0.25) is 0 Å². The van der Waals surface area contributed by atoms with Crippen LogP contribution in [0.15, 0.2) is 23.3 Å². The molecule has 6 nitrogen and oxygen atoms in total. The summed E-state index contributed by atoms with van der Waals surface area (Å²) in [4.78, 5) is 0. The van der Waals surface area contributed by atoms with Crippen molar-refractivity contribution in [1.82, 2.24) is 14.9 Å². The second-order valence-electron chi connectivity index (χ2n) is 3.75. The highest BCUT2D eigenvalue weighted by Crippen LogP contribution is 2.28. The van der Waals surface area contributed by atoms with Gasteiger partial charge in [0.1, 0.15) is 0 Å². The summed E-state index contributed by atoms with van der Waals surface area (Å²) in [6.07, 6.45) is 1.54. The van der Waals surface area contributed by atoms with E-state index in [9.17, 15) is 5.11 Å². The number of methoxy groups -OCH3 is 1. The molecule has 94 valence electrons. The first-order valence-corrected chi connectivity index (χ1v) is 5.42. The summed E-state index contributed by atoms with van der Waals surface area (Å²) in [5.74, 6) is 1.85. The predicted octanol–water partition coefficient (Wildman–Crippen LogP) is 1.49. The van der Waals surface area contributed by atoms with E-state index in [4.69, 9.17) is 4.74 Å². The highest BCUT2D eigenvalue weighted by atomic mass is 16.5. The predicted molar refractivity (Wildman–Crippen MR) is 67.1 cm³/mol. The molecule has 0 unspecified atom stereocenters. The number of rotatable bonds is 3. The molecule has 0 amide bonds. The minimum absolute atomic E-state index is 0.0622. The Balaban J connectivity index is 2.35. The molecule has 0 saturated carbocycles. The molecule has 0 aliphatic carbocycles. The molecule has 0 fully saturated rings. The fourth-order valence-corrected chi connectivity index (χ4v) is 1.56. The second kappa shape index (κ2) is 4.87. The van der Waals surface area contributed by atoms with E-state index < -0.39 is 0 Å². The van der Waals surface area contributed by atoms with Crippen molar-refractivity contribution in [3.05, 3.63) is 35.4 Å². The third-order valence-electron chi connectivity index (χ3n) is 2.51. The Hall–Kier alpha value is -2.37. The molecule has 0 aliphatic heterocycles. The van der Waals surface area contributed by atoms with Gasteiger partial charge in [0, 0.05) is 5.56 Å². The minimum atomic E-state index is 0.0622. The highest BCUT2D eigenvalue weighted by molar-refractivity contribution is 5.84. The van der Waals surface area contributed by atoms with Crippen LogP contribution in [-0.4, -0.2) is 33.3 Å². The smallest absolute Gasteiger partial charge is 0.166 e. The van der Waals surface area contributed by atoms with E-state index in [1.807, 2.05) is 13.8 Å². The number of aromatic hydroxyl groups is 1. The first-order valence-electron chi connectivity index (χ1n) is 5.42. The Morgan fingerprint density at radius 1 is 1.28 bits per heavy atom. The van der Waals surface area contributed by atoms with Crippen molar-refractivity contribution in [2.24, 2.45) is 5.10 Å². The molecule has 6 heteroatoms. The van der Waals surface area contributed by atoms with Gasteiger partial charge in [0.15, 0.2) is 23.1 Å². The normalized spacial score (nSPS) is 11.1. The lowest BCUT2D eigenvalue weighted by Gasteiger charge is -2.05. The van der Waals surface area contributed by atoms with Crippen molar-refractivity contribution in [2.45, 2.75) is 13.8 Å². The van der Waals surface area contributed by atoms with Crippen LogP contribution in [0, 0.1) is 13.8 Å². The van der Waals surface area contributed by atoms with Gasteiger partial charge in [-0.2, -0.15) is 5.10 Å². The topological polar surface area (TPSA) is 72.5 Å². The van der Waals surface area contributed by atoms with Crippen LogP contribution in [0.5, 0.6) is 11.5 Å². The molecule has 18 heavy (non-hydrogen) atoms. The van der Waals surface area contributed by atoms with Crippen molar-refractivity contribution < 1.29 is 9.84 Å².